The van der Waals surface area contributed by atoms with Gasteiger partial charge in [-0.3, -0.25) is 4.90 Å². The van der Waals surface area contributed by atoms with E-state index >= 15 is 0 Å². The zero-order valence-electron chi connectivity index (χ0n) is 11.0. The van der Waals surface area contributed by atoms with Crippen molar-refractivity contribution in [3.05, 3.63) is 35.6 Å². The third-order valence-corrected chi connectivity index (χ3v) is 3.63. The van der Waals surface area contributed by atoms with Crippen molar-refractivity contribution in [3.63, 3.8) is 0 Å². The molecule has 0 amide bonds. The van der Waals surface area contributed by atoms with Gasteiger partial charge in [0.25, 0.3) is 0 Å². The molecule has 18 heavy (non-hydrogen) atoms. The van der Waals surface area contributed by atoms with Crippen molar-refractivity contribution >= 4 is 0 Å². The van der Waals surface area contributed by atoms with E-state index < -0.39 is 0 Å². The molecular formula is C14H21FN2O. The van der Waals surface area contributed by atoms with Gasteiger partial charge in [0.2, 0.25) is 0 Å². The van der Waals surface area contributed by atoms with Gasteiger partial charge in [-0.15, -0.1) is 0 Å². The van der Waals surface area contributed by atoms with E-state index in [9.17, 15) is 4.39 Å². The molecule has 1 fully saturated rings. The molecule has 0 saturated carbocycles. The van der Waals surface area contributed by atoms with Crippen LogP contribution in [-0.4, -0.2) is 44.8 Å². The van der Waals surface area contributed by atoms with E-state index in [2.05, 4.69) is 17.3 Å². The summed E-state index contributed by atoms with van der Waals surface area (Å²) in [6.07, 6.45) is 1.06. The molecule has 4 heteroatoms. The van der Waals surface area contributed by atoms with Gasteiger partial charge in [0.15, 0.2) is 0 Å². The van der Waals surface area contributed by atoms with Crippen LogP contribution >= 0.6 is 0 Å². The number of hydrogen-bond donors (Lipinski definition) is 1. The van der Waals surface area contributed by atoms with Crippen LogP contribution in [0.1, 0.15) is 18.0 Å². The van der Waals surface area contributed by atoms with Crippen LogP contribution in [-0.2, 0) is 4.74 Å². The summed E-state index contributed by atoms with van der Waals surface area (Å²) in [7, 11) is 3.95. The highest BCUT2D eigenvalue weighted by Crippen LogP contribution is 2.19. The lowest BCUT2D eigenvalue weighted by Gasteiger charge is -2.28. The average molecular weight is 252 g/mol. The molecule has 1 N–H and O–H groups in total. The van der Waals surface area contributed by atoms with E-state index in [0.717, 1.165) is 31.7 Å². The Bertz CT molecular complexity index is 380. The zero-order valence-corrected chi connectivity index (χ0v) is 11.0. The fourth-order valence-corrected chi connectivity index (χ4v) is 2.41. The Kier molecular flexibility index (Phi) is 4.69. The highest BCUT2D eigenvalue weighted by molar-refractivity contribution is 5.21. The molecule has 1 aromatic carbocycles. The Morgan fingerprint density at radius 2 is 2.28 bits per heavy atom. The lowest BCUT2D eigenvalue weighted by Crippen LogP contribution is -2.38. The topological polar surface area (TPSA) is 24.5 Å². The van der Waals surface area contributed by atoms with Gasteiger partial charge in [-0.1, -0.05) is 18.2 Å². The Morgan fingerprint density at radius 3 is 2.89 bits per heavy atom. The Balaban J connectivity index is 2.02. The van der Waals surface area contributed by atoms with E-state index in [-0.39, 0.29) is 11.9 Å². The summed E-state index contributed by atoms with van der Waals surface area (Å²) in [5.41, 5.74) is 0.728. The van der Waals surface area contributed by atoms with Crippen molar-refractivity contribution in [2.45, 2.75) is 18.5 Å². The Hall–Kier alpha value is -0.970. The van der Waals surface area contributed by atoms with Gasteiger partial charge in [0.1, 0.15) is 5.82 Å². The van der Waals surface area contributed by atoms with Crippen LogP contribution in [0.25, 0.3) is 0 Å². The lowest BCUT2D eigenvalue weighted by atomic mass is 10.1. The Labute approximate surface area is 108 Å². The van der Waals surface area contributed by atoms with Crippen LogP contribution in [0.15, 0.2) is 24.3 Å². The molecule has 0 spiro atoms. The first-order valence-electron chi connectivity index (χ1n) is 6.42. The van der Waals surface area contributed by atoms with Gasteiger partial charge in [0, 0.05) is 30.8 Å². The summed E-state index contributed by atoms with van der Waals surface area (Å²) < 4.78 is 19.2. The van der Waals surface area contributed by atoms with Gasteiger partial charge in [-0.2, -0.15) is 0 Å². The maximum atomic E-state index is 13.8. The Morgan fingerprint density at radius 1 is 1.50 bits per heavy atom. The number of halogens is 1. The standard InChI is InChI=1S/C14H21FN2O/c1-16-14(12-5-3-4-6-13(12)15)9-17(2)11-7-8-18-10-11/h3-6,11,14,16H,7-10H2,1-2H3. The number of nitrogens with zero attached hydrogens (tertiary/aromatic N) is 1. The second kappa shape index (κ2) is 6.27. The molecular weight excluding hydrogens is 231 g/mol. The van der Waals surface area contributed by atoms with Crippen molar-refractivity contribution < 1.29 is 9.13 Å². The maximum absolute atomic E-state index is 13.8. The highest BCUT2D eigenvalue weighted by Gasteiger charge is 2.23. The first-order valence-corrected chi connectivity index (χ1v) is 6.42. The number of hydrogen-bond acceptors (Lipinski definition) is 3. The zero-order chi connectivity index (χ0) is 13.0. The second-order valence-electron chi connectivity index (χ2n) is 4.82. The fourth-order valence-electron chi connectivity index (χ4n) is 2.41. The van der Waals surface area contributed by atoms with Crippen LogP contribution in [0.2, 0.25) is 0 Å². The van der Waals surface area contributed by atoms with Crippen LogP contribution in [0.3, 0.4) is 0 Å². The number of rotatable bonds is 5. The SMILES string of the molecule is CNC(CN(C)C1CCOC1)c1ccccc1F. The minimum Gasteiger partial charge on any atom is -0.380 e. The monoisotopic (exact) mass is 252 g/mol. The summed E-state index contributed by atoms with van der Waals surface area (Å²) >= 11 is 0. The van der Waals surface area contributed by atoms with Crippen molar-refractivity contribution in [2.75, 3.05) is 33.9 Å². The van der Waals surface area contributed by atoms with Crippen molar-refractivity contribution in [3.8, 4) is 0 Å². The largest absolute Gasteiger partial charge is 0.380 e. The van der Waals surface area contributed by atoms with Crippen LogP contribution < -0.4 is 5.32 Å². The molecule has 100 valence electrons. The summed E-state index contributed by atoms with van der Waals surface area (Å²) in [4.78, 5) is 2.25. The summed E-state index contributed by atoms with van der Waals surface area (Å²) in [6, 6.07) is 7.42. The van der Waals surface area contributed by atoms with Crippen LogP contribution in [0, 0.1) is 5.82 Å². The smallest absolute Gasteiger partial charge is 0.128 e. The quantitative estimate of drug-likeness (QED) is 0.865. The first-order chi connectivity index (χ1) is 8.72. The van der Waals surface area contributed by atoms with E-state index in [1.807, 2.05) is 19.2 Å². The molecule has 1 saturated heterocycles. The van der Waals surface area contributed by atoms with Gasteiger partial charge in [-0.05, 0) is 26.6 Å². The van der Waals surface area contributed by atoms with Crippen molar-refractivity contribution in [1.29, 1.82) is 0 Å². The average Bonchev–Trinajstić information content (AvgIpc) is 2.90. The van der Waals surface area contributed by atoms with Gasteiger partial charge < -0.3 is 10.1 Å². The molecule has 2 unspecified atom stereocenters. The van der Waals surface area contributed by atoms with E-state index in [1.54, 1.807) is 6.07 Å². The van der Waals surface area contributed by atoms with Crippen LogP contribution in [0.4, 0.5) is 4.39 Å². The normalized spacial score (nSPS) is 21.4. The summed E-state index contributed by atoms with van der Waals surface area (Å²) in [5, 5.41) is 3.19. The molecule has 2 atom stereocenters. The van der Waals surface area contributed by atoms with E-state index in [1.165, 1.54) is 6.07 Å². The molecule has 1 heterocycles. The number of likely N-dealkylation sites (N-methyl/N-ethyl adjacent to an activating group) is 2. The second-order valence-corrected chi connectivity index (χ2v) is 4.82. The molecule has 2 rings (SSSR count). The van der Waals surface area contributed by atoms with Gasteiger partial charge in [-0.25, -0.2) is 4.39 Å². The predicted octanol–water partition coefficient (Wildman–Crippen LogP) is 1.81. The molecule has 0 bridgehead atoms. The number of ether oxygens (including phenoxy) is 1. The summed E-state index contributed by atoms with van der Waals surface area (Å²) in [5.74, 6) is -0.145. The highest BCUT2D eigenvalue weighted by atomic mass is 19.1. The van der Waals surface area contributed by atoms with E-state index in [4.69, 9.17) is 4.74 Å². The first kappa shape index (κ1) is 13.5. The van der Waals surface area contributed by atoms with Gasteiger partial charge >= 0.3 is 0 Å². The van der Waals surface area contributed by atoms with Crippen LogP contribution in [0.5, 0.6) is 0 Å². The molecule has 3 nitrogen and oxygen atoms in total. The molecule has 0 aromatic heterocycles. The minimum atomic E-state index is -0.145. The predicted molar refractivity (Wildman–Crippen MR) is 70.1 cm³/mol. The number of nitrogens with one attached hydrogen (secondary N) is 1. The molecule has 1 aromatic rings. The third kappa shape index (κ3) is 3.07. The third-order valence-electron chi connectivity index (χ3n) is 3.63. The molecule has 0 radical (unpaired) electrons. The van der Waals surface area contributed by atoms with Gasteiger partial charge in [0.05, 0.1) is 6.61 Å². The lowest BCUT2D eigenvalue weighted by molar-refractivity contribution is 0.153. The number of benzene rings is 1. The summed E-state index contributed by atoms with van der Waals surface area (Å²) in [6.45, 7) is 2.40. The van der Waals surface area contributed by atoms with Crippen molar-refractivity contribution in [2.24, 2.45) is 0 Å². The minimum absolute atomic E-state index is 0.0109. The molecule has 0 aliphatic carbocycles. The fraction of sp³-hybridized carbons (Fsp3) is 0.571. The van der Waals surface area contributed by atoms with Crippen molar-refractivity contribution in [1.82, 2.24) is 10.2 Å². The maximum Gasteiger partial charge on any atom is 0.128 e. The molecule has 1 aliphatic rings. The van der Waals surface area contributed by atoms with E-state index in [0.29, 0.717) is 6.04 Å². The molecule has 1 aliphatic heterocycles.